The lowest BCUT2D eigenvalue weighted by molar-refractivity contribution is -0.757. The Morgan fingerprint density at radius 1 is 0.958 bits per heavy atom. The Labute approximate surface area is 134 Å². The number of carbonyl (C=O) groups is 2. The topological polar surface area (TPSA) is 176 Å². The molecule has 13 nitrogen and oxygen atoms in total. The Kier molecular flexibility index (Phi) is 7.33. The van der Waals surface area contributed by atoms with Gasteiger partial charge in [0.05, 0.1) is 11.1 Å². The monoisotopic (exact) mass is 343 g/mol. The van der Waals surface area contributed by atoms with Gasteiger partial charge in [-0.15, -0.1) is 20.2 Å². The van der Waals surface area contributed by atoms with E-state index in [0.29, 0.717) is 0 Å². The van der Waals surface area contributed by atoms with Gasteiger partial charge < -0.3 is 20.3 Å². The fraction of sp³-hybridized carbons (Fsp3) is 0.364. The number of pyridine rings is 1. The second-order valence-electron chi connectivity index (χ2n) is 4.09. The molecule has 0 unspecified atom stereocenters. The minimum absolute atomic E-state index is 0.0605. The van der Waals surface area contributed by atoms with Crippen molar-refractivity contribution in [3.63, 3.8) is 0 Å². The molecular weight excluding hydrogens is 330 g/mol. The van der Waals surface area contributed by atoms with Crippen LogP contribution in [0.1, 0.15) is 20.7 Å². The molecule has 0 fully saturated rings. The Hall–Kier alpha value is -3.51. The summed E-state index contributed by atoms with van der Waals surface area (Å²) in [6.45, 7) is -0.839. The molecule has 1 rings (SSSR count). The lowest BCUT2D eigenvalue weighted by Crippen LogP contribution is -2.30. The SMILES string of the molecule is O=C(NCCO[N+](=O)[O-])c1cncc(C(=O)NCCO[N+](=O)[O-])c1. The second kappa shape index (κ2) is 9.50. The maximum Gasteiger partial charge on any atom is 0.294 e. The molecule has 0 radical (unpaired) electrons. The molecule has 0 spiro atoms. The predicted molar refractivity (Wildman–Crippen MR) is 74.8 cm³/mol. The molecule has 0 bridgehead atoms. The highest BCUT2D eigenvalue weighted by atomic mass is 17.0. The zero-order valence-corrected chi connectivity index (χ0v) is 12.2. The van der Waals surface area contributed by atoms with Gasteiger partial charge in [-0.1, -0.05) is 0 Å². The van der Waals surface area contributed by atoms with Crippen LogP contribution in [0.2, 0.25) is 0 Å². The molecule has 0 saturated carbocycles. The molecule has 0 aliphatic rings. The molecule has 0 aliphatic carbocycles. The van der Waals surface area contributed by atoms with Gasteiger partial charge in [-0.2, -0.15) is 0 Å². The van der Waals surface area contributed by atoms with E-state index in [1.165, 1.54) is 18.5 Å². The highest BCUT2D eigenvalue weighted by molar-refractivity contribution is 5.99. The molecule has 130 valence electrons. The molecule has 0 saturated heterocycles. The van der Waals surface area contributed by atoms with Crippen LogP contribution in [0.25, 0.3) is 0 Å². The summed E-state index contributed by atoms with van der Waals surface area (Å²) in [5.74, 6) is -1.19. The smallest absolute Gasteiger partial charge is 0.294 e. The molecule has 1 aromatic heterocycles. The van der Waals surface area contributed by atoms with Gasteiger partial charge in [-0.05, 0) is 6.07 Å². The summed E-state index contributed by atoms with van der Waals surface area (Å²) in [7, 11) is 0. The van der Waals surface area contributed by atoms with E-state index in [-0.39, 0.29) is 37.4 Å². The van der Waals surface area contributed by atoms with Crippen molar-refractivity contribution in [3.05, 3.63) is 49.8 Å². The van der Waals surface area contributed by atoms with E-state index in [0.717, 1.165) is 0 Å². The molecule has 1 aromatic rings. The minimum atomic E-state index is -0.985. The highest BCUT2D eigenvalue weighted by Crippen LogP contribution is 2.03. The van der Waals surface area contributed by atoms with Gasteiger partial charge in [0.2, 0.25) is 0 Å². The maximum atomic E-state index is 11.8. The van der Waals surface area contributed by atoms with Crippen molar-refractivity contribution in [2.75, 3.05) is 26.3 Å². The maximum absolute atomic E-state index is 11.8. The van der Waals surface area contributed by atoms with Crippen LogP contribution in [0.15, 0.2) is 18.5 Å². The molecule has 0 aliphatic heterocycles. The van der Waals surface area contributed by atoms with Crippen LogP contribution in [0.5, 0.6) is 0 Å². The van der Waals surface area contributed by atoms with Gasteiger partial charge >= 0.3 is 0 Å². The minimum Gasteiger partial charge on any atom is -0.350 e. The molecule has 0 atom stereocenters. The predicted octanol–water partition coefficient (Wildman–Crippen LogP) is -1.04. The van der Waals surface area contributed by atoms with E-state index in [9.17, 15) is 29.8 Å². The fourth-order valence-corrected chi connectivity index (χ4v) is 1.46. The van der Waals surface area contributed by atoms with E-state index in [2.05, 4.69) is 25.3 Å². The number of nitrogens with one attached hydrogen (secondary N) is 2. The van der Waals surface area contributed by atoms with E-state index in [1.807, 2.05) is 0 Å². The standard InChI is InChI=1S/C11H13N5O8/c17-10(13-1-3-23-15(19)20)8-5-9(7-12-6-8)11(18)14-2-4-24-16(21)22/h5-7H,1-4H2,(H,13,17)(H,14,18). The summed E-state index contributed by atoms with van der Waals surface area (Å²) < 4.78 is 0. The van der Waals surface area contributed by atoms with Crippen molar-refractivity contribution in [1.82, 2.24) is 15.6 Å². The van der Waals surface area contributed by atoms with Gasteiger partial charge in [-0.25, -0.2) is 0 Å². The van der Waals surface area contributed by atoms with Gasteiger partial charge in [0.15, 0.2) is 0 Å². The average molecular weight is 343 g/mol. The molecule has 0 aromatic carbocycles. The first kappa shape index (κ1) is 18.5. The number of aromatic nitrogens is 1. The second-order valence-corrected chi connectivity index (χ2v) is 4.09. The fourth-order valence-electron chi connectivity index (χ4n) is 1.46. The molecule has 13 heteroatoms. The lowest BCUT2D eigenvalue weighted by atomic mass is 10.2. The Balaban J connectivity index is 2.49. The third kappa shape index (κ3) is 6.97. The van der Waals surface area contributed by atoms with Gasteiger partial charge in [-0.3, -0.25) is 14.6 Å². The van der Waals surface area contributed by atoms with Crippen molar-refractivity contribution in [1.29, 1.82) is 0 Å². The van der Waals surface area contributed by atoms with Crippen molar-refractivity contribution >= 4 is 11.8 Å². The zero-order valence-electron chi connectivity index (χ0n) is 12.2. The Morgan fingerprint density at radius 3 is 1.75 bits per heavy atom. The summed E-state index contributed by atoms with van der Waals surface area (Å²) in [6, 6.07) is 1.25. The van der Waals surface area contributed by atoms with Gasteiger partial charge in [0.1, 0.15) is 13.2 Å². The van der Waals surface area contributed by atoms with Crippen LogP contribution in [0.4, 0.5) is 0 Å². The van der Waals surface area contributed by atoms with E-state index in [4.69, 9.17) is 0 Å². The Bertz CT molecular complexity index is 573. The molecule has 2 N–H and O–H groups in total. The van der Waals surface area contributed by atoms with Crippen molar-refractivity contribution in [2.24, 2.45) is 0 Å². The van der Waals surface area contributed by atoms with Crippen LogP contribution in [0, 0.1) is 20.2 Å². The van der Waals surface area contributed by atoms with Crippen LogP contribution < -0.4 is 10.6 Å². The number of carbonyl (C=O) groups excluding carboxylic acids is 2. The van der Waals surface area contributed by atoms with Crippen molar-refractivity contribution in [3.8, 4) is 0 Å². The number of amides is 2. The number of rotatable bonds is 10. The Morgan fingerprint density at radius 2 is 1.38 bits per heavy atom. The molecule has 24 heavy (non-hydrogen) atoms. The molecule has 1 heterocycles. The van der Waals surface area contributed by atoms with Crippen molar-refractivity contribution in [2.45, 2.75) is 0 Å². The van der Waals surface area contributed by atoms with Crippen molar-refractivity contribution < 1.29 is 29.4 Å². The largest absolute Gasteiger partial charge is 0.350 e. The van der Waals surface area contributed by atoms with Crippen LogP contribution in [0.3, 0.4) is 0 Å². The van der Waals surface area contributed by atoms with Gasteiger partial charge in [0.25, 0.3) is 22.0 Å². The first-order valence-corrected chi connectivity index (χ1v) is 6.46. The van der Waals surface area contributed by atoms with E-state index >= 15 is 0 Å². The van der Waals surface area contributed by atoms with Crippen LogP contribution >= 0.6 is 0 Å². The summed E-state index contributed by atoms with van der Waals surface area (Å²) >= 11 is 0. The lowest BCUT2D eigenvalue weighted by Gasteiger charge is -2.07. The van der Waals surface area contributed by atoms with E-state index < -0.39 is 22.0 Å². The van der Waals surface area contributed by atoms with E-state index in [1.54, 1.807) is 0 Å². The highest BCUT2D eigenvalue weighted by Gasteiger charge is 2.11. The molecular formula is C11H13N5O8. The third-order valence-corrected chi connectivity index (χ3v) is 2.43. The summed E-state index contributed by atoms with van der Waals surface area (Å²) in [5.41, 5.74) is 0.121. The quantitative estimate of drug-likeness (QED) is 0.305. The first-order valence-electron chi connectivity index (χ1n) is 6.46. The van der Waals surface area contributed by atoms with Crippen LogP contribution in [-0.2, 0) is 9.68 Å². The number of hydrogen-bond acceptors (Lipinski definition) is 9. The number of hydrogen-bond donors (Lipinski definition) is 2. The first-order chi connectivity index (χ1) is 11.4. The summed E-state index contributed by atoms with van der Waals surface area (Å²) in [6.07, 6.45) is 2.41. The third-order valence-electron chi connectivity index (χ3n) is 2.43. The summed E-state index contributed by atoms with van der Waals surface area (Å²) in [4.78, 5) is 55.3. The van der Waals surface area contributed by atoms with Gasteiger partial charge in [0, 0.05) is 25.5 Å². The normalized spacial score (nSPS) is 9.67. The molecule has 2 amide bonds. The van der Waals surface area contributed by atoms with Crippen LogP contribution in [-0.4, -0.2) is 53.3 Å². The average Bonchev–Trinajstić information content (AvgIpc) is 2.55. The summed E-state index contributed by atoms with van der Waals surface area (Å²) in [5, 5.41) is 22.6. The zero-order chi connectivity index (χ0) is 17.9. The number of nitrogens with zero attached hydrogens (tertiary/aromatic N) is 3.